The molecule has 1 aromatic heterocycles. The van der Waals surface area contributed by atoms with Crippen molar-refractivity contribution in [2.45, 2.75) is 51.7 Å². The lowest BCUT2D eigenvalue weighted by Crippen LogP contribution is -2.27. The van der Waals surface area contributed by atoms with E-state index < -0.39 is 6.10 Å². The van der Waals surface area contributed by atoms with Gasteiger partial charge in [-0.25, -0.2) is 4.79 Å². The van der Waals surface area contributed by atoms with E-state index in [1.807, 2.05) is 86.6 Å². The van der Waals surface area contributed by atoms with Crippen molar-refractivity contribution in [2.24, 2.45) is 0 Å². The first-order valence-corrected chi connectivity index (χ1v) is 12.8. The fourth-order valence-electron chi connectivity index (χ4n) is 4.50. The maximum absolute atomic E-state index is 13.3. The summed E-state index contributed by atoms with van der Waals surface area (Å²) in [6, 6.07) is 25.9. The quantitative estimate of drug-likeness (QED) is 0.264. The fraction of sp³-hybridized carbons (Fsp3) is 0.258. The molecule has 0 bridgehead atoms. The number of hydrogen-bond donors (Lipinski definition) is 0. The highest BCUT2D eigenvalue weighted by atomic mass is 16.5. The first-order valence-electron chi connectivity index (χ1n) is 12.8. The number of Topliss-reactive ketones (excluding diaryl/α,β-unsaturated/α-hetero) is 1. The van der Waals surface area contributed by atoms with Crippen molar-refractivity contribution in [3.8, 4) is 11.6 Å². The van der Waals surface area contributed by atoms with Gasteiger partial charge in [-0.05, 0) is 44.4 Å². The van der Waals surface area contributed by atoms with Crippen molar-refractivity contribution >= 4 is 5.78 Å². The van der Waals surface area contributed by atoms with Gasteiger partial charge in [0.2, 0.25) is 11.7 Å². The van der Waals surface area contributed by atoms with Crippen molar-refractivity contribution in [3.63, 3.8) is 0 Å². The summed E-state index contributed by atoms with van der Waals surface area (Å²) in [5.74, 6) is 0.753. The van der Waals surface area contributed by atoms with Crippen LogP contribution in [0.15, 0.2) is 95.9 Å². The normalized spacial score (nSPS) is 17.6. The molecule has 38 heavy (non-hydrogen) atoms. The van der Waals surface area contributed by atoms with Gasteiger partial charge in [-0.1, -0.05) is 72.8 Å². The number of benzene rings is 3. The molecule has 1 unspecified atom stereocenters. The summed E-state index contributed by atoms with van der Waals surface area (Å²) < 4.78 is 19.4. The van der Waals surface area contributed by atoms with Crippen molar-refractivity contribution in [1.29, 1.82) is 0 Å². The van der Waals surface area contributed by atoms with E-state index in [9.17, 15) is 9.59 Å². The van der Waals surface area contributed by atoms with Crippen molar-refractivity contribution in [1.82, 2.24) is 9.55 Å². The molecule has 3 aromatic carbocycles. The van der Waals surface area contributed by atoms with Gasteiger partial charge in [0.25, 0.3) is 0 Å². The molecular formula is C31H30N2O5. The van der Waals surface area contributed by atoms with E-state index >= 15 is 0 Å². The number of aryl methyl sites for hydroxylation is 1. The smallest absolute Gasteiger partial charge is 0.352 e. The Labute approximate surface area is 221 Å². The minimum atomic E-state index is -0.772. The number of carbonyl (C=O) groups is 1. The zero-order chi connectivity index (χ0) is 26.5. The Morgan fingerprint density at radius 3 is 2.34 bits per heavy atom. The van der Waals surface area contributed by atoms with E-state index in [1.165, 1.54) is 4.57 Å². The fourth-order valence-corrected chi connectivity index (χ4v) is 4.50. The highest BCUT2D eigenvalue weighted by molar-refractivity contribution is 6.00. The highest BCUT2D eigenvalue weighted by Crippen LogP contribution is 2.28. The average Bonchev–Trinajstić information content (AvgIpc) is 3.39. The third-order valence-corrected chi connectivity index (χ3v) is 6.56. The summed E-state index contributed by atoms with van der Waals surface area (Å²) in [5, 5.41) is 0. The first kappa shape index (κ1) is 25.4. The predicted octanol–water partition coefficient (Wildman–Crippen LogP) is 5.83. The molecule has 7 heteroatoms. The molecule has 4 aromatic rings. The zero-order valence-corrected chi connectivity index (χ0v) is 21.4. The zero-order valence-electron chi connectivity index (χ0n) is 21.4. The first-order chi connectivity index (χ1) is 18.5. The summed E-state index contributed by atoms with van der Waals surface area (Å²) >= 11 is 0. The van der Waals surface area contributed by atoms with Crippen LogP contribution in [0, 0.1) is 6.92 Å². The van der Waals surface area contributed by atoms with Crippen LogP contribution in [-0.4, -0.2) is 21.4 Å². The third kappa shape index (κ3) is 5.84. The molecule has 5 rings (SSSR count). The third-order valence-electron chi connectivity index (χ3n) is 6.56. The molecule has 0 aliphatic carbocycles. The van der Waals surface area contributed by atoms with Gasteiger partial charge in [0.05, 0.1) is 6.10 Å². The van der Waals surface area contributed by atoms with E-state index in [2.05, 4.69) is 4.98 Å². The van der Waals surface area contributed by atoms with E-state index in [0.717, 1.165) is 29.5 Å². The van der Waals surface area contributed by atoms with Crippen LogP contribution in [0.5, 0.6) is 11.6 Å². The molecule has 1 aliphatic rings. The minimum absolute atomic E-state index is 0.113. The molecule has 0 amide bonds. The molecule has 1 aliphatic heterocycles. The van der Waals surface area contributed by atoms with E-state index in [0.29, 0.717) is 17.2 Å². The maximum atomic E-state index is 13.3. The summed E-state index contributed by atoms with van der Waals surface area (Å²) in [6.07, 6.45) is 2.54. The molecule has 0 radical (unpaired) electrons. The van der Waals surface area contributed by atoms with Crippen molar-refractivity contribution < 1.29 is 19.0 Å². The molecule has 0 spiro atoms. The van der Waals surface area contributed by atoms with E-state index in [1.54, 1.807) is 18.3 Å². The van der Waals surface area contributed by atoms with Gasteiger partial charge in [-0.15, -0.1) is 0 Å². The molecule has 1 saturated heterocycles. The van der Waals surface area contributed by atoms with Gasteiger partial charge in [0.1, 0.15) is 18.6 Å². The monoisotopic (exact) mass is 510 g/mol. The topological polar surface area (TPSA) is 79.7 Å². The number of hydrogen-bond acceptors (Lipinski definition) is 6. The second-order valence-electron chi connectivity index (χ2n) is 9.47. The number of rotatable bonds is 9. The minimum Gasteiger partial charge on any atom is -0.478 e. The molecular weight excluding hydrogens is 480 g/mol. The molecule has 1 fully saturated rings. The maximum Gasteiger partial charge on any atom is 0.352 e. The Morgan fingerprint density at radius 1 is 1.00 bits per heavy atom. The molecule has 3 atom stereocenters. The second kappa shape index (κ2) is 11.4. The Morgan fingerprint density at radius 2 is 1.68 bits per heavy atom. The number of ether oxygens (including phenoxy) is 3. The Balaban J connectivity index is 1.27. The van der Waals surface area contributed by atoms with Gasteiger partial charge in [-0.3, -0.25) is 9.36 Å². The van der Waals surface area contributed by atoms with Crippen LogP contribution in [0.25, 0.3) is 0 Å². The summed E-state index contributed by atoms with van der Waals surface area (Å²) in [7, 11) is 0. The second-order valence-corrected chi connectivity index (χ2v) is 9.47. The lowest BCUT2D eigenvalue weighted by atomic mass is 10.00. The molecule has 0 saturated carbocycles. The van der Waals surface area contributed by atoms with Crippen LogP contribution >= 0.6 is 0 Å². The van der Waals surface area contributed by atoms with E-state index in [4.69, 9.17) is 14.2 Å². The average molecular weight is 511 g/mol. The van der Waals surface area contributed by atoms with Crippen LogP contribution < -0.4 is 15.2 Å². The SMILES string of the molecule is Cc1cn([C@H]2CC[C@@H](C)O2)c(=O)nc1OCc1ccc(OC(C(=O)c2ccccc2)c2ccccc2)cc1. The molecule has 2 heterocycles. The highest BCUT2D eigenvalue weighted by Gasteiger charge is 2.26. The van der Waals surface area contributed by atoms with Gasteiger partial charge in [0, 0.05) is 22.9 Å². The van der Waals surface area contributed by atoms with Crippen LogP contribution in [0.4, 0.5) is 0 Å². The Hall–Kier alpha value is -4.23. The Bertz CT molecular complexity index is 1440. The molecule has 7 nitrogen and oxygen atoms in total. The largest absolute Gasteiger partial charge is 0.478 e. The number of nitrogens with zero attached hydrogens (tertiary/aromatic N) is 2. The lowest BCUT2D eigenvalue weighted by Gasteiger charge is -2.19. The van der Waals surface area contributed by atoms with E-state index in [-0.39, 0.29) is 30.4 Å². The van der Waals surface area contributed by atoms with Gasteiger partial charge in [-0.2, -0.15) is 4.98 Å². The predicted molar refractivity (Wildman–Crippen MR) is 143 cm³/mol. The van der Waals surface area contributed by atoms with Crippen LogP contribution in [-0.2, 0) is 11.3 Å². The van der Waals surface area contributed by atoms with Gasteiger partial charge < -0.3 is 14.2 Å². The van der Waals surface area contributed by atoms with Crippen molar-refractivity contribution in [3.05, 3.63) is 124 Å². The summed E-state index contributed by atoms with van der Waals surface area (Å²) in [5.41, 5.74) is 2.62. The standard InChI is InChI=1S/C31H30N2O5/c1-21-19-33(27-18-13-22(2)37-27)31(35)32-30(21)36-20-23-14-16-26(17-15-23)38-29(25-11-7-4-8-12-25)28(34)24-9-5-3-6-10-24/h3-12,14-17,19,22,27,29H,13,18,20H2,1-2H3/t22-,27-,29?/m1/s1. The number of carbonyl (C=O) groups excluding carboxylic acids is 1. The number of aromatic nitrogens is 2. The summed E-state index contributed by atoms with van der Waals surface area (Å²) in [4.78, 5) is 30.0. The molecule has 0 N–H and O–H groups in total. The van der Waals surface area contributed by atoms with Crippen molar-refractivity contribution in [2.75, 3.05) is 0 Å². The molecule has 194 valence electrons. The van der Waals surface area contributed by atoms with Gasteiger partial charge >= 0.3 is 5.69 Å². The summed E-state index contributed by atoms with van der Waals surface area (Å²) in [6.45, 7) is 4.10. The Kier molecular flexibility index (Phi) is 7.65. The van der Waals surface area contributed by atoms with Crippen LogP contribution in [0.3, 0.4) is 0 Å². The van der Waals surface area contributed by atoms with Gasteiger partial charge in [0.15, 0.2) is 6.10 Å². The van der Waals surface area contributed by atoms with Crippen LogP contribution in [0.2, 0.25) is 0 Å². The lowest BCUT2D eigenvalue weighted by molar-refractivity contribution is 0.00764. The van der Waals surface area contributed by atoms with Crippen LogP contribution in [0.1, 0.15) is 59.1 Å². The number of ketones is 1.